The highest BCUT2D eigenvalue weighted by molar-refractivity contribution is 6.01. The smallest absolute Gasteiger partial charge is 0.416 e. The van der Waals surface area contributed by atoms with Crippen LogP contribution in [0.3, 0.4) is 0 Å². The minimum Gasteiger partial charge on any atom is -0.463 e. The minimum absolute atomic E-state index is 0.0204. The monoisotopic (exact) mass is 397 g/mol. The molecular formula is C19H18F3NO5. The van der Waals surface area contributed by atoms with E-state index in [0.717, 1.165) is 6.07 Å². The van der Waals surface area contributed by atoms with E-state index in [1.807, 2.05) is 0 Å². The van der Waals surface area contributed by atoms with E-state index in [0.29, 0.717) is 5.70 Å². The molecule has 0 spiro atoms. The Morgan fingerprint density at radius 2 is 2.04 bits per heavy atom. The molecule has 0 saturated heterocycles. The molecule has 0 fully saturated rings. The van der Waals surface area contributed by atoms with E-state index in [1.165, 1.54) is 25.3 Å². The van der Waals surface area contributed by atoms with Crippen LogP contribution < -0.4 is 5.32 Å². The third-order valence-electron chi connectivity index (χ3n) is 4.46. The zero-order valence-electron chi connectivity index (χ0n) is 15.2. The highest BCUT2D eigenvalue weighted by Crippen LogP contribution is 2.45. The highest BCUT2D eigenvalue weighted by Gasteiger charge is 2.46. The Bertz CT molecular complexity index is 873. The summed E-state index contributed by atoms with van der Waals surface area (Å²) in [6.45, 7) is 1.40. The molecule has 1 atom stereocenters. The lowest BCUT2D eigenvalue weighted by molar-refractivity contribution is -0.141. The van der Waals surface area contributed by atoms with Gasteiger partial charge in [0.1, 0.15) is 6.61 Å². The second-order valence-electron chi connectivity index (χ2n) is 6.16. The van der Waals surface area contributed by atoms with E-state index in [4.69, 9.17) is 14.2 Å². The molecule has 9 heteroatoms. The molecule has 2 heterocycles. The molecular weight excluding hydrogens is 379 g/mol. The number of nitrogens with one attached hydrogen (secondary N) is 1. The Kier molecular flexibility index (Phi) is 5.46. The van der Waals surface area contributed by atoms with E-state index >= 15 is 0 Å². The van der Waals surface area contributed by atoms with E-state index in [2.05, 4.69) is 5.32 Å². The number of benzene rings is 1. The molecule has 2 aliphatic rings. The Balaban J connectivity index is 2.27. The lowest BCUT2D eigenvalue weighted by Gasteiger charge is -2.30. The van der Waals surface area contributed by atoms with E-state index in [9.17, 15) is 22.8 Å². The molecule has 0 amide bonds. The predicted octanol–water partition coefficient (Wildman–Crippen LogP) is 2.67. The van der Waals surface area contributed by atoms with Crippen molar-refractivity contribution in [2.45, 2.75) is 19.0 Å². The van der Waals surface area contributed by atoms with Gasteiger partial charge < -0.3 is 19.5 Å². The molecule has 0 aromatic heterocycles. The molecule has 0 bridgehead atoms. The van der Waals surface area contributed by atoms with Crippen LogP contribution in [-0.2, 0) is 30.0 Å². The predicted molar refractivity (Wildman–Crippen MR) is 90.8 cm³/mol. The molecule has 1 aromatic carbocycles. The first kappa shape index (κ1) is 19.9. The fourth-order valence-electron chi connectivity index (χ4n) is 3.41. The van der Waals surface area contributed by atoms with Crippen LogP contribution in [0, 0.1) is 0 Å². The summed E-state index contributed by atoms with van der Waals surface area (Å²) in [4.78, 5) is 25.0. The fourth-order valence-corrected chi connectivity index (χ4v) is 3.41. The number of carbonyl (C=O) groups is 2. The number of halogens is 3. The lowest BCUT2D eigenvalue weighted by atomic mass is 9.78. The molecule has 1 N–H and O–H groups in total. The zero-order chi connectivity index (χ0) is 20.5. The van der Waals surface area contributed by atoms with Gasteiger partial charge >= 0.3 is 18.1 Å². The van der Waals surface area contributed by atoms with Crippen molar-refractivity contribution in [2.24, 2.45) is 0 Å². The average molecular weight is 397 g/mol. The number of carbonyl (C=O) groups excluding carboxylic acids is 2. The van der Waals surface area contributed by atoms with Gasteiger partial charge in [-0.05, 0) is 18.6 Å². The van der Waals surface area contributed by atoms with Gasteiger partial charge in [0.25, 0.3) is 0 Å². The van der Waals surface area contributed by atoms with Crippen molar-refractivity contribution in [3.05, 3.63) is 57.9 Å². The number of dihydropyridines is 1. The van der Waals surface area contributed by atoms with Crippen LogP contribution in [0.25, 0.3) is 0 Å². The largest absolute Gasteiger partial charge is 0.463 e. The molecule has 150 valence electrons. The first-order valence-corrected chi connectivity index (χ1v) is 8.52. The first-order valence-electron chi connectivity index (χ1n) is 8.52. The first-order chi connectivity index (χ1) is 13.3. The number of methoxy groups -OCH3 is 1. The summed E-state index contributed by atoms with van der Waals surface area (Å²) in [5.41, 5.74) is -0.740. The van der Waals surface area contributed by atoms with Crippen LogP contribution in [-0.4, -0.2) is 38.9 Å². The second-order valence-corrected chi connectivity index (χ2v) is 6.16. The number of cyclic esters (lactones) is 1. The second kappa shape index (κ2) is 7.67. The van der Waals surface area contributed by atoms with Gasteiger partial charge in [0, 0.05) is 7.11 Å². The van der Waals surface area contributed by atoms with E-state index < -0.39 is 29.6 Å². The van der Waals surface area contributed by atoms with Crippen LogP contribution in [0.15, 0.2) is 46.8 Å². The van der Waals surface area contributed by atoms with Gasteiger partial charge in [-0.1, -0.05) is 18.2 Å². The topological polar surface area (TPSA) is 73.9 Å². The van der Waals surface area contributed by atoms with Crippen LogP contribution >= 0.6 is 0 Å². The third-order valence-corrected chi connectivity index (χ3v) is 4.46. The van der Waals surface area contributed by atoms with Gasteiger partial charge in [-0.2, -0.15) is 13.2 Å². The zero-order valence-corrected chi connectivity index (χ0v) is 15.2. The van der Waals surface area contributed by atoms with E-state index in [1.54, 1.807) is 6.92 Å². The number of ether oxygens (including phenoxy) is 3. The maximum absolute atomic E-state index is 13.7. The third kappa shape index (κ3) is 3.49. The lowest BCUT2D eigenvalue weighted by Crippen LogP contribution is -2.33. The highest BCUT2D eigenvalue weighted by atomic mass is 19.4. The van der Waals surface area contributed by atoms with Crippen LogP contribution in [0.2, 0.25) is 0 Å². The van der Waals surface area contributed by atoms with Gasteiger partial charge in [-0.3, -0.25) is 0 Å². The van der Waals surface area contributed by atoms with Gasteiger partial charge in [0.2, 0.25) is 0 Å². The van der Waals surface area contributed by atoms with Gasteiger partial charge in [0.05, 0.1) is 47.2 Å². The number of hydrogen-bond acceptors (Lipinski definition) is 6. The normalized spacial score (nSPS) is 19.3. The summed E-state index contributed by atoms with van der Waals surface area (Å²) in [5, 5.41) is 2.90. The molecule has 28 heavy (non-hydrogen) atoms. The number of rotatable bonds is 5. The number of hydrogen-bond donors (Lipinski definition) is 1. The van der Waals surface area contributed by atoms with Crippen LogP contribution in [0.4, 0.5) is 13.2 Å². The van der Waals surface area contributed by atoms with Gasteiger partial charge in [-0.15, -0.1) is 0 Å². The summed E-state index contributed by atoms with van der Waals surface area (Å²) in [5.74, 6) is -2.88. The van der Waals surface area contributed by atoms with Crippen molar-refractivity contribution in [1.29, 1.82) is 0 Å². The summed E-state index contributed by atoms with van der Waals surface area (Å²) >= 11 is 0. The standard InChI is InChI=1S/C19H18F3NO5/c1-3-27-17(24)15-12(8-26-2)23-13-9-28-18(25)16(13)14(15)10-6-4-5-7-11(10)19(20,21)22/h4-7,14,23H,3,8-9H2,1-2H3. The van der Waals surface area contributed by atoms with Gasteiger partial charge in [0.15, 0.2) is 0 Å². The number of alkyl halides is 3. The van der Waals surface area contributed by atoms with Crippen molar-refractivity contribution >= 4 is 11.9 Å². The Morgan fingerprint density at radius 1 is 1.32 bits per heavy atom. The van der Waals surface area contributed by atoms with Crippen molar-refractivity contribution in [3.63, 3.8) is 0 Å². The summed E-state index contributed by atoms with van der Waals surface area (Å²) in [6.07, 6.45) is -4.67. The van der Waals surface area contributed by atoms with Crippen LogP contribution in [0.5, 0.6) is 0 Å². The van der Waals surface area contributed by atoms with Crippen molar-refractivity contribution in [2.75, 3.05) is 26.9 Å². The molecule has 3 rings (SSSR count). The summed E-state index contributed by atoms with van der Waals surface area (Å²) < 4.78 is 56.2. The average Bonchev–Trinajstić information content (AvgIpc) is 3.01. The molecule has 0 saturated carbocycles. The molecule has 2 aliphatic heterocycles. The molecule has 0 radical (unpaired) electrons. The van der Waals surface area contributed by atoms with Gasteiger partial charge in [-0.25, -0.2) is 9.59 Å². The maximum Gasteiger partial charge on any atom is 0.416 e. The Hall–Kier alpha value is -2.81. The van der Waals surface area contributed by atoms with E-state index in [-0.39, 0.29) is 42.2 Å². The fraction of sp³-hybridized carbons (Fsp3) is 0.368. The summed E-state index contributed by atoms with van der Waals surface area (Å²) in [7, 11) is 1.39. The Labute approximate surface area is 158 Å². The Morgan fingerprint density at radius 3 is 2.68 bits per heavy atom. The van der Waals surface area contributed by atoms with Crippen LogP contribution in [0.1, 0.15) is 24.0 Å². The van der Waals surface area contributed by atoms with Crippen molar-refractivity contribution in [1.82, 2.24) is 5.32 Å². The molecule has 1 aromatic rings. The quantitative estimate of drug-likeness (QED) is 0.771. The molecule has 6 nitrogen and oxygen atoms in total. The molecule has 0 aliphatic carbocycles. The maximum atomic E-state index is 13.7. The SMILES string of the molecule is CCOC(=O)C1=C(COC)NC2=C(C(=O)OC2)C1c1ccccc1C(F)(F)F. The number of esters is 2. The minimum atomic E-state index is -4.67. The summed E-state index contributed by atoms with van der Waals surface area (Å²) in [6, 6.07) is 4.83. The van der Waals surface area contributed by atoms with Crippen molar-refractivity contribution in [3.8, 4) is 0 Å². The molecule has 1 unspecified atom stereocenters. The van der Waals surface area contributed by atoms with Crippen molar-refractivity contribution < 1.29 is 37.0 Å².